The Morgan fingerprint density at radius 1 is 1.25 bits per heavy atom. The van der Waals surface area contributed by atoms with Crippen molar-refractivity contribution in [3.05, 3.63) is 0 Å². The third kappa shape index (κ3) is 3.76. The molecule has 1 aliphatic carbocycles. The van der Waals surface area contributed by atoms with Crippen molar-refractivity contribution in [2.45, 2.75) is 78.7 Å². The van der Waals surface area contributed by atoms with E-state index in [0.717, 1.165) is 18.8 Å². The van der Waals surface area contributed by atoms with E-state index >= 15 is 0 Å². The summed E-state index contributed by atoms with van der Waals surface area (Å²) >= 11 is 0. The zero-order valence-corrected chi connectivity index (χ0v) is 11.8. The van der Waals surface area contributed by atoms with Crippen LogP contribution in [0.5, 0.6) is 0 Å². The normalized spacial score (nSPS) is 34.3. The Balaban J connectivity index is 2.45. The molecule has 0 saturated heterocycles. The monoisotopic (exact) mass is 226 g/mol. The van der Waals surface area contributed by atoms with Crippen molar-refractivity contribution in [1.29, 1.82) is 0 Å². The smallest absolute Gasteiger partial charge is 0.0673 e. The molecule has 1 nitrogen and oxygen atoms in total. The fraction of sp³-hybridized carbons (Fsp3) is 1.00. The van der Waals surface area contributed by atoms with Gasteiger partial charge in [-0.05, 0) is 42.9 Å². The summed E-state index contributed by atoms with van der Waals surface area (Å²) in [4.78, 5) is 0. The molecule has 1 aliphatic rings. The van der Waals surface area contributed by atoms with E-state index in [1.165, 1.54) is 25.7 Å². The lowest BCUT2D eigenvalue weighted by Gasteiger charge is -2.45. The predicted octanol–water partition coefficient (Wildman–Crippen LogP) is 4.39. The van der Waals surface area contributed by atoms with Gasteiger partial charge in [-0.25, -0.2) is 0 Å². The first-order chi connectivity index (χ1) is 7.25. The predicted molar refractivity (Wildman–Crippen MR) is 70.4 cm³/mol. The summed E-state index contributed by atoms with van der Waals surface area (Å²) in [5, 5.41) is 10.7. The molecule has 1 N–H and O–H groups in total. The Morgan fingerprint density at radius 3 is 2.38 bits per heavy atom. The fourth-order valence-electron chi connectivity index (χ4n) is 3.11. The van der Waals surface area contributed by atoms with E-state index in [2.05, 4.69) is 34.6 Å². The van der Waals surface area contributed by atoms with Gasteiger partial charge in [0, 0.05) is 0 Å². The van der Waals surface area contributed by atoms with Crippen molar-refractivity contribution in [2.75, 3.05) is 0 Å². The summed E-state index contributed by atoms with van der Waals surface area (Å²) in [6.45, 7) is 11.4. The van der Waals surface area contributed by atoms with E-state index in [9.17, 15) is 5.11 Å². The highest BCUT2D eigenvalue weighted by atomic mass is 16.3. The van der Waals surface area contributed by atoms with E-state index in [1.54, 1.807) is 0 Å². The quantitative estimate of drug-likeness (QED) is 0.753. The lowest BCUT2D eigenvalue weighted by molar-refractivity contribution is -0.0783. The van der Waals surface area contributed by atoms with Crippen molar-refractivity contribution in [2.24, 2.45) is 17.3 Å². The Kier molecular flexibility index (Phi) is 4.45. The van der Waals surface area contributed by atoms with Crippen LogP contribution in [-0.2, 0) is 0 Å². The number of aliphatic hydroxyl groups is 1. The number of hydrogen-bond acceptors (Lipinski definition) is 1. The molecule has 0 heterocycles. The molecule has 0 bridgehead atoms. The molecule has 0 aromatic rings. The molecule has 0 aliphatic heterocycles. The van der Waals surface area contributed by atoms with Crippen LogP contribution in [0.3, 0.4) is 0 Å². The average molecular weight is 226 g/mol. The zero-order valence-electron chi connectivity index (χ0n) is 11.8. The topological polar surface area (TPSA) is 20.2 Å². The molecule has 0 spiro atoms. The minimum Gasteiger partial charge on any atom is -0.390 e. The van der Waals surface area contributed by atoms with Crippen molar-refractivity contribution < 1.29 is 5.11 Å². The van der Waals surface area contributed by atoms with Gasteiger partial charge in [0.25, 0.3) is 0 Å². The Hall–Kier alpha value is -0.0400. The van der Waals surface area contributed by atoms with E-state index in [0.29, 0.717) is 11.3 Å². The average Bonchev–Trinajstić information content (AvgIpc) is 2.12. The minimum absolute atomic E-state index is 0.371. The molecule has 0 aromatic heterocycles. The van der Waals surface area contributed by atoms with Crippen LogP contribution in [0.2, 0.25) is 0 Å². The maximum atomic E-state index is 10.7. The lowest BCUT2D eigenvalue weighted by Crippen LogP contribution is -2.43. The van der Waals surface area contributed by atoms with Crippen LogP contribution in [0.4, 0.5) is 0 Å². The van der Waals surface area contributed by atoms with E-state index < -0.39 is 0 Å². The first-order valence-electron chi connectivity index (χ1n) is 6.98. The molecule has 0 radical (unpaired) electrons. The molecule has 2 atom stereocenters. The van der Waals surface area contributed by atoms with Crippen LogP contribution in [0.15, 0.2) is 0 Å². The Bertz CT molecular complexity index is 219. The number of hydrogen-bond donors (Lipinski definition) is 1. The molecule has 1 fully saturated rings. The maximum absolute atomic E-state index is 10.7. The second kappa shape index (κ2) is 5.08. The van der Waals surface area contributed by atoms with Gasteiger partial charge in [0.15, 0.2) is 0 Å². The van der Waals surface area contributed by atoms with Gasteiger partial charge < -0.3 is 5.11 Å². The highest BCUT2D eigenvalue weighted by Crippen LogP contribution is 2.45. The van der Waals surface area contributed by atoms with Crippen molar-refractivity contribution in [3.63, 3.8) is 0 Å². The molecule has 0 amide bonds. The van der Waals surface area contributed by atoms with Gasteiger partial charge >= 0.3 is 0 Å². The Morgan fingerprint density at radius 2 is 1.88 bits per heavy atom. The lowest BCUT2D eigenvalue weighted by atomic mass is 9.64. The molecule has 0 aromatic carbocycles. The second-order valence-electron chi connectivity index (χ2n) is 7.16. The second-order valence-corrected chi connectivity index (χ2v) is 7.16. The van der Waals surface area contributed by atoms with Crippen molar-refractivity contribution >= 4 is 0 Å². The molecule has 1 saturated carbocycles. The van der Waals surface area contributed by atoms with E-state index in [1.807, 2.05) is 0 Å². The summed E-state index contributed by atoms with van der Waals surface area (Å²) in [6, 6.07) is 0. The van der Waals surface area contributed by atoms with Gasteiger partial charge in [0.05, 0.1) is 5.60 Å². The summed E-state index contributed by atoms with van der Waals surface area (Å²) in [7, 11) is 0. The van der Waals surface area contributed by atoms with Gasteiger partial charge in [-0.15, -0.1) is 0 Å². The number of rotatable bonds is 4. The van der Waals surface area contributed by atoms with E-state index in [-0.39, 0.29) is 5.60 Å². The third-order valence-electron chi connectivity index (χ3n) is 4.40. The molecule has 16 heavy (non-hydrogen) atoms. The summed E-state index contributed by atoms with van der Waals surface area (Å²) in [5.74, 6) is 1.22. The van der Waals surface area contributed by atoms with Gasteiger partial charge in [0.1, 0.15) is 0 Å². The summed E-state index contributed by atoms with van der Waals surface area (Å²) in [6.07, 6.45) is 6.78. The van der Waals surface area contributed by atoms with Crippen LogP contribution in [0.25, 0.3) is 0 Å². The van der Waals surface area contributed by atoms with Gasteiger partial charge in [-0.1, -0.05) is 47.5 Å². The molecular weight excluding hydrogens is 196 g/mol. The molecule has 2 unspecified atom stereocenters. The maximum Gasteiger partial charge on any atom is 0.0673 e. The summed E-state index contributed by atoms with van der Waals surface area (Å²) < 4.78 is 0. The van der Waals surface area contributed by atoms with Crippen LogP contribution in [-0.4, -0.2) is 10.7 Å². The fourth-order valence-corrected chi connectivity index (χ4v) is 3.11. The Labute approximate surface area is 102 Å². The summed E-state index contributed by atoms with van der Waals surface area (Å²) in [5.41, 5.74) is 0.0636. The highest BCUT2D eigenvalue weighted by Gasteiger charge is 2.41. The molecule has 1 rings (SSSR count). The van der Waals surface area contributed by atoms with Gasteiger partial charge in [0.2, 0.25) is 0 Å². The van der Waals surface area contributed by atoms with Crippen LogP contribution < -0.4 is 0 Å². The SMILES string of the molecule is CC(C)CCCC1(O)CCC(C)(C)CC1C. The van der Waals surface area contributed by atoms with Crippen molar-refractivity contribution in [1.82, 2.24) is 0 Å². The van der Waals surface area contributed by atoms with Gasteiger partial charge in [-0.3, -0.25) is 0 Å². The van der Waals surface area contributed by atoms with E-state index in [4.69, 9.17) is 0 Å². The largest absolute Gasteiger partial charge is 0.390 e. The minimum atomic E-state index is -0.371. The van der Waals surface area contributed by atoms with Gasteiger partial charge in [-0.2, -0.15) is 0 Å². The standard InChI is InChI=1S/C15H30O/c1-12(2)7-6-8-15(16)10-9-14(4,5)11-13(15)3/h12-13,16H,6-11H2,1-5H3. The van der Waals surface area contributed by atoms with Crippen LogP contribution in [0, 0.1) is 17.3 Å². The molecular formula is C15H30O. The first-order valence-corrected chi connectivity index (χ1v) is 6.98. The van der Waals surface area contributed by atoms with Crippen molar-refractivity contribution in [3.8, 4) is 0 Å². The highest BCUT2D eigenvalue weighted by molar-refractivity contribution is 4.93. The first kappa shape index (κ1) is 14.0. The molecule has 1 heteroatoms. The zero-order chi connectivity index (χ0) is 12.4. The van der Waals surface area contributed by atoms with Crippen LogP contribution >= 0.6 is 0 Å². The third-order valence-corrected chi connectivity index (χ3v) is 4.40. The molecule has 96 valence electrons. The van der Waals surface area contributed by atoms with Crippen LogP contribution in [0.1, 0.15) is 73.1 Å².